The second-order valence-corrected chi connectivity index (χ2v) is 6.92. The fraction of sp³-hybridized carbons (Fsp3) is 0.190. The molecule has 4 aromatic rings. The summed E-state index contributed by atoms with van der Waals surface area (Å²) in [5.74, 6) is -2.13. The number of nitrogens with one attached hydrogen (secondary N) is 1. The molecule has 0 atom stereocenters. The van der Waals surface area contributed by atoms with Crippen LogP contribution in [-0.4, -0.2) is 29.0 Å². The summed E-state index contributed by atoms with van der Waals surface area (Å²) in [6, 6.07) is 10.6. The molecule has 1 aliphatic heterocycles. The highest BCUT2D eigenvalue weighted by Gasteiger charge is 2.24. The van der Waals surface area contributed by atoms with Crippen molar-refractivity contribution in [3.63, 3.8) is 0 Å². The highest BCUT2D eigenvalue weighted by molar-refractivity contribution is 6.09. The maximum absolute atomic E-state index is 13.5. The van der Waals surface area contributed by atoms with Crippen LogP contribution < -0.4 is 10.2 Å². The van der Waals surface area contributed by atoms with Gasteiger partial charge in [0.25, 0.3) is 5.91 Å². The molecule has 0 aliphatic carbocycles. The van der Waals surface area contributed by atoms with Gasteiger partial charge in [-0.15, -0.1) is 0 Å². The van der Waals surface area contributed by atoms with Crippen LogP contribution in [0, 0.1) is 11.6 Å². The molecule has 0 radical (unpaired) electrons. The van der Waals surface area contributed by atoms with Gasteiger partial charge in [0, 0.05) is 30.2 Å². The predicted octanol–water partition coefficient (Wildman–Crippen LogP) is 4.51. The number of hydrogen-bond acceptors (Lipinski definition) is 5. The van der Waals surface area contributed by atoms with Gasteiger partial charge in [-0.25, -0.2) is 18.7 Å². The molecule has 0 unspecified atom stereocenters. The fourth-order valence-electron chi connectivity index (χ4n) is 3.58. The number of aromatic nitrogens is 2. The van der Waals surface area contributed by atoms with Gasteiger partial charge in [-0.2, -0.15) is 0 Å². The molecule has 0 spiro atoms. The molecule has 1 saturated heterocycles. The van der Waals surface area contributed by atoms with E-state index in [1.165, 1.54) is 6.07 Å². The Kier molecular flexibility index (Phi) is 4.12. The van der Waals surface area contributed by atoms with E-state index >= 15 is 0 Å². The molecule has 0 saturated carbocycles. The summed E-state index contributed by atoms with van der Waals surface area (Å²) in [5.41, 5.74) is 1.87. The number of halogens is 2. The zero-order valence-corrected chi connectivity index (χ0v) is 15.3. The van der Waals surface area contributed by atoms with E-state index in [1.54, 1.807) is 0 Å². The highest BCUT2D eigenvalue weighted by Crippen LogP contribution is 2.34. The van der Waals surface area contributed by atoms with Gasteiger partial charge in [-0.1, -0.05) is 12.1 Å². The van der Waals surface area contributed by atoms with Crippen LogP contribution in [0.15, 0.2) is 46.9 Å². The summed E-state index contributed by atoms with van der Waals surface area (Å²) in [6.45, 7) is 1.63. The standard InChI is InChI=1S/C21H16F2N4O2/c22-14-8-7-12(11-15(14)23)24-21(28)19-25-17-13-5-1-2-6-16(13)29-18(17)20(26-19)27-9-3-4-10-27/h1-2,5-8,11H,3-4,9-10H2,(H,24,28). The van der Waals surface area contributed by atoms with Gasteiger partial charge < -0.3 is 14.6 Å². The van der Waals surface area contributed by atoms with Gasteiger partial charge in [0.15, 0.2) is 23.0 Å². The van der Waals surface area contributed by atoms with Crippen molar-refractivity contribution < 1.29 is 18.0 Å². The van der Waals surface area contributed by atoms with E-state index < -0.39 is 17.5 Å². The van der Waals surface area contributed by atoms with Gasteiger partial charge in [-0.05, 0) is 37.1 Å². The van der Waals surface area contributed by atoms with Gasteiger partial charge in [-0.3, -0.25) is 4.79 Å². The minimum atomic E-state index is -1.04. The minimum absolute atomic E-state index is 0.0595. The van der Waals surface area contributed by atoms with E-state index in [0.29, 0.717) is 22.5 Å². The van der Waals surface area contributed by atoms with Gasteiger partial charge in [0.05, 0.1) is 0 Å². The summed E-state index contributed by atoms with van der Waals surface area (Å²) in [6.07, 6.45) is 2.06. The van der Waals surface area contributed by atoms with Crippen LogP contribution in [0.3, 0.4) is 0 Å². The SMILES string of the molecule is O=C(Nc1ccc(F)c(F)c1)c1nc(N2CCCC2)c2oc3ccccc3c2n1. The molecule has 0 bridgehead atoms. The molecule has 2 aromatic heterocycles. The number of carbonyl (C=O) groups excluding carboxylic acids is 1. The Morgan fingerprint density at radius 1 is 1.03 bits per heavy atom. The number of nitrogens with zero attached hydrogens (tertiary/aromatic N) is 3. The Morgan fingerprint density at radius 3 is 2.62 bits per heavy atom. The van der Waals surface area contributed by atoms with Crippen molar-refractivity contribution in [2.45, 2.75) is 12.8 Å². The molecule has 5 rings (SSSR count). The van der Waals surface area contributed by atoms with Crippen LogP contribution in [0.4, 0.5) is 20.3 Å². The molecule has 29 heavy (non-hydrogen) atoms. The van der Waals surface area contributed by atoms with Gasteiger partial charge in [0.2, 0.25) is 5.82 Å². The van der Waals surface area contributed by atoms with Crippen LogP contribution in [0.2, 0.25) is 0 Å². The Balaban J connectivity index is 1.61. The lowest BCUT2D eigenvalue weighted by Gasteiger charge is -2.17. The maximum atomic E-state index is 13.5. The average molecular weight is 394 g/mol. The lowest BCUT2D eigenvalue weighted by atomic mass is 10.2. The third-order valence-corrected chi connectivity index (χ3v) is 4.99. The van der Waals surface area contributed by atoms with Crippen molar-refractivity contribution in [3.8, 4) is 0 Å². The van der Waals surface area contributed by atoms with Crippen molar-refractivity contribution in [1.82, 2.24) is 9.97 Å². The van der Waals surface area contributed by atoms with Crippen molar-refractivity contribution in [1.29, 1.82) is 0 Å². The fourth-order valence-corrected chi connectivity index (χ4v) is 3.58. The normalized spacial score (nSPS) is 14.1. The lowest BCUT2D eigenvalue weighted by molar-refractivity contribution is 0.101. The van der Waals surface area contributed by atoms with E-state index in [-0.39, 0.29) is 11.5 Å². The second kappa shape index (κ2) is 6.80. The number of benzene rings is 2. The van der Waals surface area contributed by atoms with Crippen LogP contribution in [-0.2, 0) is 0 Å². The highest BCUT2D eigenvalue weighted by atomic mass is 19.2. The first-order chi connectivity index (χ1) is 14.1. The molecule has 3 heterocycles. The predicted molar refractivity (Wildman–Crippen MR) is 105 cm³/mol. The van der Waals surface area contributed by atoms with Crippen molar-refractivity contribution in [2.24, 2.45) is 0 Å². The minimum Gasteiger partial charge on any atom is -0.450 e. The van der Waals surface area contributed by atoms with E-state index in [1.807, 2.05) is 24.3 Å². The van der Waals surface area contributed by atoms with Crippen LogP contribution in [0.1, 0.15) is 23.5 Å². The number of furan rings is 1. The number of carbonyl (C=O) groups is 1. The monoisotopic (exact) mass is 394 g/mol. The molecule has 1 amide bonds. The Hall–Kier alpha value is -3.55. The molecule has 1 N–H and O–H groups in total. The number of para-hydroxylation sites is 1. The zero-order chi connectivity index (χ0) is 20.0. The van der Waals surface area contributed by atoms with E-state index in [4.69, 9.17) is 4.42 Å². The third-order valence-electron chi connectivity index (χ3n) is 4.99. The largest absolute Gasteiger partial charge is 0.450 e. The molecule has 1 fully saturated rings. The second-order valence-electron chi connectivity index (χ2n) is 6.92. The number of fused-ring (bicyclic) bond motifs is 3. The topological polar surface area (TPSA) is 71.3 Å². The quantitative estimate of drug-likeness (QED) is 0.554. The molecule has 6 nitrogen and oxygen atoms in total. The van der Waals surface area contributed by atoms with E-state index in [2.05, 4.69) is 20.2 Å². The zero-order valence-electron chi connectivity index (χ0n) is 15.3. The number of amides is 1. The summed E-state index contributed by atoms with van der Waals surface area (Å²) in [7, 11) is 0. The van der Waals surface area contributed by atoms with Crippen LogP contribution in [0.5, 0.6) is 0 Å². The van der Waals surface area contributed by atoms with Crippen molar-refractivity contribution in [2.75, 3.05) is 23.3 Å². The van der Waals surface area contributed by atoms with Crippen molar-refractivity contribution in [3.05, 3.63) is 59.9 Å². The number of hydrogen-bond donors (Lipinski definition) is 1. The smallest absolute Gasteiger partial charge is 0.293 e. The number of rotatable bonds is 3. The molecule has 2 aromatic carbocycles. The summed E-state index contributed by atoms with van der Waals surface area (Å²) in [5, 5.41) is 3.31. The molecular weight excluding hydrogens is 378 g/mol. The van der Waals surface area contributed by atoms with E-state index in [0.717, 1.165) is 43.5 Å². The molecular formula is C21H16F2N4O2. The molecule has 1 aliphatic rings. The Morgan fingerprint density at radius 2 is 1.83 bits per heavy atom. The first-order valence-electron chi connectivity index (χ1n) is 9.31. The van der Waals surface area contributed by atoms with Crippen LogP contribution in [0.25, 0.3) is 22.1 Å². The third kappa shape index (κ3) is 3.06. The Bertz CT molecular complexity index is 1250. The van der Waals surface area contributed by atoms with Gasteiger partial charge in [0.1, 0.15) is 11.1 Å². The summed E-state index contributed by atoms with van der Waals surface area (Å²) >= 11 is 0. The van der Waals surface area contributed by atoms with Crippen molar-refractivity contribution >= 4 is 39.5 Å². The first-order valence-corrected chi connectivity index (χ1v) is 9.31. The Labute approximate surface area is 164 Å². The number of anilines is 2. The average Bonchev–Trinajstić information content (AvgIpc) is 3.38. The van der Waals surface area contributed by atoms with E-state index in [9.17, 15) is 13.6 Å². The summed E-state index contributed by atoms with van der Waals surface area (Å²) < 4.78 is 32.6. The van der Waals surface area contributed by atoms with Crippen LogP contribution >= 0.6 is 0 Å². The molecule has 8 heteroatoms. The van der Waals surface area contributed by atoms with Gasteiger partial charge >= 0.3 is 0 Å². The molecule has 146 valence electrons. The first kappa shape index (κ1) is 17.5. The maximum Gasteiger partial charge on any atom is 0.293 e. The lowest BCUT2D eigenvalue weighted by Crippen LogP contribution is -2.22. The summed E-state index contributed by atoms with van der Waals surface area (Å²) in [4.78, 5) is 23.7.